The molecule has 10 heteroatoms. The Morgan fingerprint density at radius 1 is 1.06 bits per heavy atom. The number of thiazole rings is 1. The molecule has 9 nitrogen and oxygen atoms in total. The first-order valence-electron chi connectivity index (χ1n) is 12.3. The first-order valence-corrected chi connectivity index (χ1v) is 13.2. The number of fused-ring (bicyclic) bond motifs is 1. The van der Waals surface area contributed by atoms with E-state index in [-0.39, 0.29) is 12.8 Å². The summed E-state index contributed by atoms with van der Waals surface area (Å²) in [6.45, 7) is 7.38. The van der Waals surface area contributed by atoms with Crippen LogP contribution < -0.4 is 29.8 Å². The fraction of sp³-hybridized carbons (Fsp3) is 0.385. The fourth-order valence-corrected chi connectivity index (χ4v) is 5.21. The maximum atomic E-state index is 11.8. The van der Waals surface area contributed by atoms with Gasteiger partial charge in [0.2, 0.25) is 6.79 Å². The minimum atomic E-state index is -0.144. The van der Waals surface area contributed by atoms with Gasteiger partial charge in [0.1, 0.15) is 0 Å². The molecule has 0 atom stereocenters. The third-order valence-electron chi connectivity index (χ3n) is 6.10. The van der Waals surface area contributed by atoms with Gasteiger partial charge in [-0.15, -0.1) is 11.3 Å². The molecule has 2 amide bonds. The third-order valence-corrected chi connectivity index (χ3v) is 6.96. The molecule has 2 aliphatic rings. The molecule has 0 saturated carbocycles. The number of aromatic nitrogens is 1. The Bertz CT molecular complexity index is 1250. The molecule has 0 bridgehead atoms. The van der Waals surface area contributed by atoms with Crippen LogP contribution in [0.4, 0.5) is 16.2 Å². The van der Waals surface area contributed by atoms with Crippen LogP contribution in [-0.2, 0) is 11.3 Å². The molecule has 2 N–H and O–H groups in total. The highest BCUT2D eigenvalue weighted by atomic mass is 32.1. The molecule has 5 rings (SSSR count). The molecule has 0 spiro atoms. The molecule has 0 radical (unpaired) electrons. The van der Waals surface area contributed by atoms with E-state index < -0.39 is 0 Å². The van der Waals surface area contributed by atoms with Crippen molar-refractivity contribution in [3.05, 3.63) is 52.6 Å². The molecule has 0 unspecified atom stereocenters. The Balaban J connectivity index is 1.40. The summed E-state index contributed by atoms with van der Waals surface area (Å²) in [5, 5.41) is 7.79. The molecule has 0 aliphatic carbocycles. The molecule has 36 heavy (non-hydrogen) atoms. The number of anilines is 1. The number of carbonyl (C=O) groups is 1. The van der Waals surface area contributed by atoms with Crippen LogP contribution >= 0.6 is 11.3 Å². The molecular formula is C26H31N5O4S. The molecule has 1 aromatic heterocycles. The Morgan fingerprint density at radius 2 is 1.86 bits per heavy atom. The number of urea groups is 1. The van der Waals surface area contributed by atoms with Crippen LogP contribution in [0.2, 0.25) is 0 Å². The summed E-state index contributed by atoms with van der Waals surface area (Å²) in [4.78, 5) is 20.0. The van der Waals surface area contributed by atoms with Crippen LogP contribution in [0.15, 0.2) is 52.8 Å². The summed E-state index contributed by atoms with van der Waals surface area (Å²) >= 11 is 1.60. The van der Waals surface area contributed by atoms with Gasteiger partial charge < -0.3 is 34.3 Å². The first-order chi connectivity index (χ1) is 17.7. The number of ether oxygens (including phenoxy) is 3. The lowest BCUT2D eigenvalue weighted by Gasteiger charge is -2.28. The van der Waals surface area contributed by atoms with Crippen LogP contribution in [0.5, 0.6) is 11.5 Å². The number of amides is 2. The smallest absolute Gasteiger partial charge is 0.314 e. The van der Waals surface area contributed by atoms with E-state index in [2.05, 4.69) is 49.7 Å². The van der Waals surface area contributed by atoms with Gasteiger partial charge in [-0.2, -0.15) is 0 Å². The summed E-state index contributed by atoms with van der Waals surface area (Å²) in [6.07, 6.45) is 0.772. The van der Waals surface area contributed by atoms with Crippen LogP contribution in [0.25, 0.3) is 11.3 Å². The van der Waals surface area contributed by atoms with E-state index in [0.29, 0.717) is 19.6 Å². The Hall–Kier alpha value is -3.50. The van der Waals surface area contributed by atoms with Crippen molar-refractivity contribution >= 4 is 28.7 Å². The number of nitrogens with zero attached hydrogens (tertiary/aromatic N) is 3. The third kappa shape index (κ3) is 5.66. The number of rotatable bonds is 8. The van der Waals surface area contributed by atoms with Gasteiger partial charge in [-0.05, 0) is 55.8 Å². The van der Waals surface area contributed by atoms with Crippen molar-refractivity contribution in [2.24, 2.45) is 4.99 Å². The van der Waals surface area contributed by atoms with Crippen molar-refractivity contribution in [3.63, 3.8) is 0 Å². The van der Waals surface area contributed by atoms with Gasteiger partial charge in [-0.25, -0.2) is 9.79 Å². The topological polar surface area (TPSA) is 89.4 Å². The van der Waals surface area contributed by atoms with Gasteiger partial charge in [0.05, 0.1) is 24.6 Å². The lowest BCUT2D eigenvalue weighted by atomic mass is 10.1. The largest absolute Gasteiger partial charge is 0.454 e. The fourth-order valence-electron chi connectivity index (χ4n) is 4.25. The molecule has 2 aliphatic heterocycles. The molecule has 2 aromatic carbocycles. The molecule has 1 saturated heterocycles. The van der Waals surface area contributed by atoms with Crippen molar-refractivity contribution in [2.75, 3.05) is 51.1 Å². The van der Waals surface area contributed by atoms with E-state index in [9.17, 15) is 4.79 Å². The zero-order valence-electron chi connectivity index (χ0n) is 20.4. The van der Waals surface area contributed by atoms with Crippen LogP contribution in [0.3, 0.4) is 0 Å². The second-order valence-electron chi connectivity index (χ2n) is 8.49. The van der Waals surface area contributed by atoms with Crippen LogP contribution in [-0.4, -0.2) is 56.8 Å². The van der Waals surface area contributed by atoms with E-state index in [0.717, 1.165) is 66.0 Å². The number of carbonyl (C=O) groups excluding carboxylic acids is 1. The molecule has 190 valence electrons. The highest BCUT2D eigenvalue weighted by Gasteiger charge is 2.16. The first kappa shape index (κ1) is 24.2. The SMILES string of the molecule is CCNC(=O)NCCCn1c(-c2ccc3c(c2)OCO3)cs/c1=N\c1ccc(N2CCOCC2)cc1. The second-order valence-corrected chi connectivity index (χ2v) is 9.33. The monoisotopic (exact) mass is 509 g/mol. The predicted octanol–water partition coefficient (Wildman–Crippen LogP) is 3.72. The van der Waals surface area contributed by atoms with Gasteiger partial charge in [0.15, 0.2) is 16.3 Å². The minimum Gasteiger partial charge on any atom is -0.454 e. The van der Waals surface area contributed by atoms with Crippen molar-refractivity contribution in [1.82, 2.24) is 15.2 Å². The normalized spacial score (nSPS) is 15.2. The molecule has 3 heterocycles. The van der Waals surface area contributed by atoms with Gasteiger partial charge in [0.25, 0.3) is 0 Å². The van der Waals surface area contributed by atoms with Crippen molar-refractivity contribution < 1.29 is 19.0 Å². The Kier molecular flexibility index (Phi) is 7.73. The summed E-state index contributed by atoms with van der Waals surface area (Å²) < 4.78 is 18.7. The standard InChI is InChI=1S/C26H31N5O4S/c1-2-27-25(32)28-10-3-11-31-22(19-4-9-23-24(16-19)35-18-34-23)17-36-26(31)29-20-5-7-21(8-6-20)30-12-14-33-15-13-30/h4-9,16-17H,2-3,10-15,18H2,1H3,(H2,27,28,32)/b29-26-. The summed E-state index contributed by atoms with van der Waals surface area (Å²) in [7, 11) is 0. The maximum absolute atomic E-state index is 11.8. The van der Waals surface area contributed by atoms with Crippen molar-refractivity contribution in [2.45, 2.75) is 19.9 Å². The average Bonchev–Trinajstić information content (AvgIpc) is 3.54. The van der Waals surface area contributed by atoms with E-state index in [1.54, 1.807) is 11.3 Å². The lowest BCUT2D eigenvalue weighted by Crippen LogP contribution is -2.36. The summed E-state index contributed by atoms with van der Waals surface area (Å²) in [6, 6.07) is 14.2. The molecule has 1 fully saturated rings. The van der Waals surface area contributed by atoms with Gasteiger partial charge in [-0.3, -0.25) is 0 Å². The highest BCUT2D eigenvalue weighted by Crippen LogP contribution is 2.36. The van der Waals surface area contributed by atoms with E-state index >= 15 is 0 Å². The van der Waals surface area contributed by atoms with E-state index in [4.69, 9.17) is 19.2 Å². The van der Waals surface area contributed by atoms with Crippen molar-refractivity contribution in [3.8, 4) is 22.8 Å². The molecule has 3 aromatic rings. The number of benzene rings is 2. The van der Waals surface area contributed by atoms with Gasteiger partial charge in [0, 0.05) is 49.4 Å². The number of hydrogen-bond acceptors (Lipinski definition) is 7. The van der Waals surface area contributed by atoms with Gasteiger partial charge in [-0.1, -0.05) is 0 Å². The highest BCUT2D eigenvalue weighted by molar-refractivity contribution is 7.07. The van der Waals surface area contributed by atoms with E-state index in [1.165, 1.54) is 5.69 Å². The van der Waals surface area contributed by atoms with Crippen LogP contribution in [0, 0.1) is 0 Å². The average molecular weight is 510 g/mol. The number of nitrogens with one attached hydrogen (secondary N) is 2. The Labute approximate surface area is 214 Å². The number of morpholine rings is 1. The maximum Gasteiger partial charge on any atom is 0.314 e. The second kappa shape index (κ2) is 11.5. The van der Waals surface area contributed by atoms with Crippen LogP contribution in [0.1, 0.15) is 13.3 Å². The zero-order valence-corrected chi connectivity index (χ0v) is 21.2. The lowest BCUT2D eigenvalue weighted by molar-refractivity contribution is 0.122. The summed E-state index contributed by atoms with van der Waals surface area (Å²) in [5.41, 5.74) is 4.19. The van der Waals surface area contributed by atoms with E-state index in [1.807, 2.05) is 25.1 Å². The Morgan fingerprint density at radius 3 is 2.67 bits per heavy atom. The van der Waals surface area contributed by atoms with Crippen molar-refractivity contribution in [1.29, 1.82) is 0 Å². The summed E-state index contributed by atoms with van der Waals surface area (Å²) in [5.74, 6) is 1.51. The quantitative estimate of drug-likeness (QED) is 0.452. The number of hydrogen-bond donors (Lipinski definition) is 2. The molecular weight excluding hydrogens is 478 g/mol. The van der Waals surface area contributed by atoms with Gasteiger partial charge >= 0.3 is 6.03 Å². The minimum absolute atomic E-state index is 0.144. The zero-order chi connectivity index (χ0) is 24.7. The predicted molar refractivity (Wildman–Crippen MR) is 140 cm³/mol.